The predicted octanol–water partition coefficient (Wildman–Crippen LogP) is 0.169. The van der Waals surface area contributed by atoms with Gasteiger partial charge in [0, 0.05) is 17.1 Å². The van der Waals surface area contributed by atoms with Crippen LogP contribution in [0.3, 0.4) is 0 Å². The first-order chi connectivity index (χ1) is 12.7. The number of hydrogen-bond acceptors (Lipinski definition) is 4. The molecule has 146 valence electrons. The number of nitrogens with two attached hydrogens (primary N) is 2. The average Bonchev–Trinajstić information content (AvgIpc) is 3.01. The van der Waals surface area contributed by atoms with Crippen LogP contribution in [0.2, 0.25) is 0 Å². The van der Waals surface area contributed by atoms with Gasteiger partial charge in [-0.2, -0.15) is 0 Å². The number of nitrogens with one attached hydrogen (secondary N) is 3. The van der Waals surface area contributed by atoms with Crippen molar-refractivity contribution in [1.82, 2.24) is 15.6 Å². The Kier molecular flexibility index (Phi) is 6.57. The third kappa shape index (κ3) is 5.07. The first-order valence-electron chi connectivity index (χ1n) is 8.91. The van der Waals surface area contributed by atoms with Gasteiger partial charge in [0.1, 0.15) is 12.1 Å². The Morgan fingerprint density at radius 1 is 1.07 bits per heavy atom. The van der Waals surface area contributed by atoms with Crippen molar-refractivity contribution in [3.8, 4) is 0 Å². The molecular formula is C19H27N5O3. The highest BCUT2D eigenvalue weighted by molar-refractivity contribution is 5.93. The average molecular weight is 373 g/mol. The van der Waals surface area contributed by atoms with Gasteiger partial charge in [0.05, 0.1) is 6.04 Å². The molecule has 0 aliphatic carbocycles. The van der Waals surface area contributed by atoms with E-state index in [1.54, 1.807) is 13.8 Å². The Labute approximate surface area is 158 Å². The predicted molar refractivity (Wildman–Crippen MR) is 104 cm³/mol. The van der Waals surface area contributed by atoms with Gasteiger partial charge >= 0.3 is 0 Å². The second-order valence-electron chi connectivity index (χ2n) is 7.03. The van der Waals surface area contributed by atoms with Gasteiger partial charge in [0.2, 0.25) is 17.7 Å². The lowest BCUT2D eigenvalue weighted by Gasteiger charge is -2.22. The molecule has 7 N–H and O–H groups in total. The molecule has 8 nitrogen and oxygen atoms in total. The fourth-order valence-electron chi connectivity index (χ4n) is 2.86. The standard InChI is InChI=1S/C19H27N5O3/c1-10(2)16(17(21)25)24-18(26)11(3)23-19(27)14(20)8-12-9-22-15-7-5-4-6-13(12)15/h4-7,9-11,14,16,22H,8,20H2,1-3H3,(H2,21,25)(H,23,27)(H,24,26)/t11-,14-,16-/m0/s1. The molecule has 2 rings (SSSR count). The van der Waals surface area contributed by atoms with E-state index in [1.807, 2.05) is 30.5 Å². The molecule has 2 aromatic rings. The summed E-state index contributed by atoms with van der Waals surface area (Å²) >= 11 is 0. The van der Waals surface area contributed by atoms with Crippen LogP contribution < -0.4 is 22.1 Å². The van der Waals surface area contributed by atoms with Crippen LogP contribution in [0.15, 0.2) is 30.5 Å². The molecule has 3 amide bonds. The smallest absolute Gasteiger partial charge is 0.242 e. The van der Waals surface area contributed by atoms with E-state index < -0.39 is 35.8 Å². The summed E-state index contributed by atoms with van der Waals surface area (Å²) in [4.78, 5) is 39.1. The fourth-order valence-corrected chi connectivity index (χ4v) is 2.86. The number of amides is 3. The lowest BCUT2D eigenvalue weighted by Crippen LogP contribution is -2.55. The molecule has 0 saturated carbocycles. The molecule has 0 aliphatic heterocycles. The van der Waals surface area contributed by atoms with Gasteiger partial charge in [-0.15, -0.1) is 0 Å². The SMILES string of the molecule is CC(C)[C@H](NC(=O)[C@H](C)NC(=O)[C@@H](N)Cc1c[nH]c2ccccc12)C(N)=O. The van der Waals surface area contributed by atoms with Crippen molar-refractivity contribution in [2.24, 2.45) is 17.4 Å². The summed E-state index contributed by atoms with van der Waals surface area (Å²) in [6, 6.07) is 5.30. The van der Waals surface area contributed by atoms with Crippen LogP contribution in [-0.2, 0) is 20.8 Å². The van der Waals surface area contributed by atoms with Crippen LogP contribution >= 0.6 is 0 Å². The number of H-pyrrole nitrogens is 1. The van der Waals surface area contributed by atoms with Crippen LogP contribution in [0, 0.1) is 5.92 Å². The molecule has 1 aromatic heterocycles. The van der Waals surface area contributed by atoms with E-state index in [4.69, 9.17) is 11.5 Å². The van der Waals surface area contributed by atoms with Crippen molar-refractivity contribution >= 4 is 28.6 Å². The van der Waals surface area contributed by atoms with Gasteiger partial charge in [0.25, 0.3) is 0 Å². The van der Waals surface area contributed by atoms with Crippen molar-refractivity contribution in [1.29, 1.82) is 0 Å². The van der Waals surface area contributed by atoms with Crippen molar-refractivity contribution in [3.05, 3.63) is 36.0 Å². The Morgan fingerprint density at radius 2 is 1.74 bits per heavy atom. The maximum atomic E-state index is 12.4. The zero-order valence-electron chi connectivity index (χ0n) is 15.8. The van der Waals surface area contributed by atoms with E-state index in [2.05, 4.69) is 15.6 Å². The molecule has 0 fully saturated rings. The summed E-state index contributed by atoms with van der Waals surface area (Å²) in [5, 5.41) is 6.15. The van der Waals surface area contributed by atoms with Gasteiger partial charge in [-0.25, -0.2) is 0 Å². The van der Waals surface area contributed by atoms with Gasteiger partial charge in [-0.05, 0) is 30.9 Å². The number of benzene rings is 1. The minimum atomic E-state index is -0.841. The summed E-state index contributed by atoms with van der Waals surface area (Å²) < 4.78 is 0. The largest absolute Gasteiger partial charge is 0.368 e. The lowest BCUT2D eigenvalue weighted by atomic mass is 10.0. The van der Waals surface area contributed by atoms with Crippen molar-refractivity contribution in [3.63, 3.8) is 0 Å². The highest BCUT2D eigenvalue weighted by Gasteiger charge is 2.26. The second-order valence-corrected chi connectivity index (χ2v) is 7.03. The van der Waals surface area contributed by atoms with Crippen LogP contribution in [-0.4, -0.2) is 40.8 Å². The van der Waals surface area contributed by atoms with Crippen molar-refractivity contribution < 1.29 is 14.4 Å². The molecule has 0 saturated heterocycles. The normalized spacial score (nSPS) is 14.6. The topological polar surface area (TPSA) is 143 Å². The Morgan fingerprint density at radius 3 is 2.37 bits per heavy atom. The number of para-hydroxylation sites is 1. The third-order valence-electron chi connectivity index (χ3n) is 4.47. The van der Waals surface area contributed by atoms with E-state index in [0.29, 0.717) is 6.42 Å². The molecular weight excluding hydrogens is 346 g/mol. The van der Waals surface area contributed by atoms with Gasteiger partial charge < -0.3 is 27.1 Å². The van der Waals surface area contributed by atoms with Crippen molar-refractivity contribution in [2.45, 2.75) is 45.3 Å². The number of fused-ring (bicyclic) bond motifs is 1. The van der Waals surface area contributed by atoms with Gasteiger partial charge in [-0.1, -0.05) is 32.0 Å². The summed E-state index contributed by atoms with van der Waals surface area (Å²) in [7, 11) is 0. The Bertz CT molecular complexity index is 830. The number of hydrogen-bond donors (Lipinski definition) is 5. The van der Waals surface area contributed by atoms with E-state index in [9.17, 15) is 14.4 Å². The summed E-state index contributed by atoms with van der Waals surface area (Å²) in [5.41, 5.74) is 13.2. The second kappa shape index (κ2) is 8.68. The molecule has 8 heteroatoms. The first-order valence-corrected chi connectivity index (χ1v) is 8.91. The van der Waals surface area contributed by atoms with Crippen LogP contribution in [0.5, 0.6) is 0 Å². The minimum absolute atomic E-state index is 0.154. The third-order valence-corrected chi connectivity index (χ3v) is 4.47. The molecule has 0 bridgehead atoms. The fraction of sp³-hybridized carbons (Fsp3) is 0.421. The number of rotatable bonds is 8. The maximum Gasteiger partial charge on any atom is 0.242 e. The van der Waals surface area contributed by atoms with Crippen LogP contribution in [0.4, 0.5) is 0 Å². The number of aromatic nitrogens is 1. The number of aromatic amines is 1. The summed E-state index contributed by atoms with van der Waals surface area (Å²) in [6.45, 7) is 5.08. The summed E-state index contributed by atoms with van der Waals surface area (Å²) in [5.74, 6) is -1.70. The number of carbonyl (C=O) groups is 3. The highest BCUT2D eigenvalue weighted by Crippen LogP contribution is 2.18. The van der Waals surface area contributed by atoms with Crippen LogP contribution in [0.25, 0.3) is 10.9 Å². The molecule has 0 unspecified atom stereocenters. The minimum Gasteiger partial charge on any atom is -0.368 e. The Hall–Kier alpha value is -2.87. The van der Waals surface area contributed by atoms with Crippen molar-refractivity contribution in [2.75, 3.05) is 0 Å². The van der Waals surface area contributed by atoms with Gasteiger partial charge in [-0.3, -0.25) is 14.4 Å². The van der Waals surface area contributed by atoms with E-state index in [-0.39, 0.29) is 5.92 Å². The van der Waals surface area contributed by atoms with E-state index in [0.717, 1.165) is 16.5 Å². The molecule has 3 atom stereocenters. The summed E-state index contributed by atoms with van der Waals surface area (Å²) in [6.07, 6.45) is 2.16. The highest BCUT2D eigenvalue weighted by atomic mass is 16.2. The maximum absolute atomic E-state index is 12.4. The zero-order chi connectivity index (χ0) is 20.1. The van der Waals surface area contributed by atoms with E-state index >= 15 is 0 Å². The molecule has 1 heterocycles. The molecule has 27 heavy (non-hydrogen) atoms. The number of carbonyl (C=O) groups excluding carboxylic acids is 3. The van der Waals surface area contributed by atoms with Gasteiger partial charge in [0.15, 0.2) is 0 Å². The molecule has 0 spiro atoms. The first kappa shape index (κ1) is 20.4. The monoisotopic (exact) mass is 373 g/mol. The van der Waals surface area contributed by atoms with Crippen LogP contribution in [0.1, 0.15) is 26.3 Å². The lowest BCUT2D eigenvalue weighted by molar-refractivity contribution is -0.131. The Balaban J connectivity index is 1.95. The molecule has 1 aromatic carbocycles. The quantitative estimate of drug-likeness (QED) is 0.449. The zero-order valence-corrected chi connectivity index (χ0v) is 15.8. The molecule has 0 aliphatic rings. The van der Waals surface area contributed by atoms with E-state index in [1.165, 1.54) is 6.92 Å². The number of primary amides is 1. The molecule has 0 radical (unpaired) electrons.